The lowest BCUT2D eigenvalue weighted by Gasteiger charge is -2.12. The zero-order chi connectivity index (χ0) is 18.5. The highest BCUT2D eigenvalue weighted by Gasteiger charge is 2.31. The van der Waals surface area contributed by atoms with Crippen molar-refractivity contribution in [3.8, 4) is 0 Å². The van der Waals surface area contributed by atoms with Crippen LogP contribution in [-0.2, 0) is 4.79 Å². The first-order valence-electron chi connectivity index (χ1n) is 8.37. The SMILES string of the molecule is CCN1C(=O)/C(=C\C=C\c2ccccc2)SC1=Nc1cccc(Cl)c1C. The van der Waals surface area contributed by atoms with E-state index in [1.807, 2.05) is 80.6 Å². The summed E-state index contributed by atoms with van der Waals surface area (Å²) in [6.45, 7) is 4.45. The van der Waals surface area contributed by atoms with Crippen LogP contribution in [0, 0.1) is 6.92 Å². The van der Waals surface area contributed by atoms with E-state index in [2.05, 4.69) is 4.99 Å². The van der Waals surface area contributed by atoms with Crippen molar-refractivity contribution in [2.24, 2.45) is 4.99 Å². The molecule has 1 aliphatic heterocycles. The third-order valence-corrected chi connectivity index (χ3v) is 5.43. The van der Waals surface area contributed by atoms with Crippen molar-refractivity contribution in [2.45, 2.75) is 13.8 Å². The normalized spacial score (nSPS) is 17.8. The van der Waals surface area contributed by atoms with Gasteiger partial charge in [0, 0.05) is 11.6 Å². The number of allylic oxidation sites excluding steroid dienone is 2. The highest BCUT2D eigenvalue weighted by Crippen LogP contribution is 2.34. The van der Waals surface area contributed by atoms with Gasteiger partial charge >= 0.3 is 0 Å². The second-order valence-electron chi connectivity index (χ2n) is 5.73. The van der Waals surface area contributed by atoms with Crippen LogP contribution in [0.4, 0.5) is 5.69 Å². The van der Waals surface area contributed by atoms with Crippen LogP contribution in [0.2, 0.25) is 5.02 Å². The van der Waals surface area contributed by atoms with Gasteiger partial charge in [-0.25, -0.2) is 4.99 Å². The lowest BCUT2D eigenvalue weighted by Crippen LogP contribution is -2.28. The van der Waals surface area contributed by atoms with E-state index >= 15 is 0 Å². The maximum Gasteiger partial charge on any atom is 0.266 e. The summed E-state index contributed by atoms with van der Waals surface area (Å²) in [7, 11) is 0. The molecule has 3 nitrogen and oxygen atoms in total. The summed E-state index contributed by atoms with van der Waals surface area (Å²) < 4.78 is 0. The maximum atomic E-state index is 12.6. The number of amidine groups is 1. The fraction of sp³-hybridized carbons (Fsp3) is 0.143. The minimum Gasteiger partial charge on any atom is -0.287 e. The van der Waals surface area contributed by atoms with Crippen molar-refractivity contribution >= 4 is 46.2 Å². The standard InChI is InChI=1S/C21H19ClN2OS/c1-3-24-20(25)19(14-7-11-16-9-5-4-6-10-16)26-21(24)23-18-13-8-12-17(22)15(18)2/h4-14H,3H2,1-2H3/b11-7+,19-14+,23-21?. The number of carbonyl (C=O) groups is 1. The molecule has 0 aromatic heterocycles. The number of amides is 1. The van der Waals surface area contributed by atoms with Crippen molar-refractivity contribution in [2.75, 3.05) is 6.54 Å². The third kappa shape index (κ3) is 4.09. The molecule has 5 heteroatoms. The van der Waals surface area contributed by atoms with Crippen LogP contribution in [0.1, 0.15) is 18.1 Å². The molecule has 132 valence electrons. The van der Waals surface area contributed by atoms with Crippen molar-refractivity contribution in [3.63, 3.8) is 0 Å². The van der Waals surface area contributed by atoms with Crippen LogP contribution in [0.25, 0.3) is 6.08 Å². The molecule has 1 amide bonds. The predicted molar refractivity (Wildman–Crippen MR) is 112 cm³/mol. The number of benzene rings is 2. The second kappa shape index (κ2) is 8.39. The van der Waals surface area contributed by atoms with Gasteiger partial charge in [-0.15, -0.1) is 0 Å². The zero-order valence-electron chi connectivity index (χ0n) is 14.6. The zero-order valence-corrected chi connectivity index (χ0v) is 16.2. The summed E-state index contributed by atoms with van der Waals surface area (Å²) in [5, 5.41) is 1.35. The molecule has 2 aromatic rings. The fourth-order valence-corrected chi connectivity index (χ4v) is 3.69. The number of rotatable bonds is 4. The van der Waals surface area contributed by atoms with Crippen LogP contribution in [0.15, 0.2) is 70.6 Å². The molecule has 26 heavy (non-hydrogen) atoms. The third-order valence-electron chi connectivity index (χ3n) is 4.00. The van der Waals surface area contributed by atoms with E-state index < -0.39 is 0 Å². The van der Waals surface area contributed by atoms with Crippen LogP contribution < -0.4 is 0 Å². The van der Waals surface area contributed by atoms with Gasteiger partial charge in [-0.3, -0.25) is 9.69 Å². The summed E-state index contributed by atoms with van der Waals surface area (Å²) in [4.78, 5) is 19.7. The molecule has 0 atom stereocenters. The van der Waals surface area contributed by atoms with E-state index in [9.17, 15) is 4.79 Å². The number of hydrogen-bond acceptors (Lipinski definition) is 3. The van der Waals surface area contributed by atoms with E-state index in [-0.39, 0.29) is 5.91 Å². The number of thioether (sulfide) groups is 1. The first kappa shape index (κ1) is 18.5. The molecule has 3 rings (SSSR count). The van der Waals surface area contributed by atoms with E-state index in [0.29, 0.717) is 21.6 Å². The van der Waals surface area contributed by atoms with Gasteiger partial charge in [-0.1, -0.05) is 60.2 Å². The first-order valence-corrected chi connectivity index (χ1v) is 9.56. The maximum absolute atomic E-state index is 12.6. The van der Waals surface area contributed by atoms with Gasteiger partial charge in [0.15, 0.2) is 5.17 Å². The Hall–Kier alpha value is -2.30. The molecule has 1 fully saturated rings. The van der Waals surface area contributed by atoms with E-state index in [4.69, 9.17) is 11.6 Å². The Bertz CT molecular complexity index is 903. The fourth-order valence-electron chi connectivity index (χ4n) is 2.52. The molecular weight excluding hydrogens is 364 g/mol. The quantitative estimate of drug-likeness (QED) is 0.623. The monoisotopic (exact) mass is 382 g/mol. The van der Waals surface area contributed by atoms with Gasteiger partial charge in [0.05, 0.1) is 10.6 Å². The predicted octanol–water partition coefficient (Wildman–Crippen LogP) is 5.83. The van der Waals surface area contributed by atoms with Crippen molar-refractivity contribution in [1.82, 2.24) is 4.90 Å². The molecule has 0 aliphatic carbocycles. The molecule has 0 bridgehead atoms. The molecular formula is C21H19ClN2OS. The Morgan fingerprint density at radius 1 is 1.15 bits per heavy atom. The molecule has 0 unspecified atom stereocenters. The van der Waals surface area contributed by atoms with Crippen molar-refractivity contribution in [3.05, 3.63) is 81.7 Å². The van der Waals surface area contributed by atoms with Crippen molar-refractivity contribution < 1.29 is 4.79 Å². The smallest absolute Gasteiger partial charge is 0.266 e. The largest absolute Gasteiger partial charge is 0.287 e. The van der Waals surface area contributed by atoms with Crippen LogP contribution >= 0.6 is 23.4 Å². The number of likely N-dealkylation sites (N-methyl/N-ethyl adjacent to an activating group) is 1. The van der Waals surface area contributed by atoms with E-state index in [1.165, 1.54) is 11.8 Å². The number of aliphatic imine (C=N–C) groups is 1. The average Bonchev–Trinajstić information content (AvgIpc) is 2.94. The minimum absolute atomic E-state index is 0.0198. The summed E-state index contributed by atoms with van der Waals surface area (Å²) in [5.74, 6) is -0.0198. The molecule has 1 saturated heterocycles. The van der Waals surface area contributed by atoms with Crippen LogP contribution in [0.3, 0.4) is 0 Å². The van der Waals surface area contributed by atoms with Crippen LogP contribution in [-0.4, -0.2) is 22.5 Å². The van der Waals surface area contributed by atoms with Gasteiger partial charge in [0.25, 0.3) is 5.91 Å². The van der Waals surface area contributed by atoms with E-state index in [1.54, 1.807) is 4.90 Å². The summed E-state index contributed by atoms with van der Waals surface area (Å²) in [6.07, 6.45) is 5.72. The molecule has 0 radical (unpaired) electrons. The van der Waals surface area contributed by atoms with Gasteiger partial charge < -0.3 is 0 Å². The van der Waals surface area contributed by atoms with Crippen molar-refractivity contribution in [1.29, 1.82) is 0 Å². The number of hydrogen-bond donors (Lipinski definition) is 0. The summed E-state index contributed by atoms with van der Waals surface area (Å²) in [6, 6.07) is 15.6. The number of halogens is 1. The Balaban J connectivity index is 1.86. The lowest BCUT2D eigenvalue weighted by molar-refractivity contribution is -0.122. The second-order valence-corrected chi connectivity index (χ2v) is 7.15. The molecule has 1 aliphatic rings. The van der Waals surface area contributed by atoms with Gasteiger partial charge in [0.1, 0.15) is 0 Å². The Kier molecular flexibility index (Phi) is 5.96. The van der Waals surface area contributed by atoms with Gasteiger partial charge in [0.2, 0.25) is 0 Å². The molecule has 0 spiro atoms. The minimum atomic E-state index is -0.0198. The summed E-state index contributed by atoms with van der Waals surface area (Å²) in [5.41, 5.74) is 2.79. The molecule has 0 saturated carbocycles. The number of nitrogens with zero attached hydrogens (tertiary/aromatic N) is 2. The molecule has 1 heterocycles. The highest BCUT2D eigenvalue weighted by atomic mass is 35.5. The topological polar surface area (TPSA) is 32.7 Å². The number of carbonyl (C=O) groups excluding carboxylic acids is 1. The lowest BCUT2D eigenvalue weighted by atomic mass is 10.2. The average molecular weight is 383 g/mol. The Morgan fingerprint density at radius 3 is 2.65 bits per heavy atom. The highest BCUT2D eigenvalue weighted by molar-refractivity contribution is 8.18. The molecule has 2 aromatic carbocycles. The Morgan fingerprint density at radius 2 is 1.92 bits per heavy atom. The molecule has 0 N–H and O–H groups in total. The van der Waals surface area contributed by atoms with Gasteiger partial charge in [-0.2, -0.15) is 0 Å². The van der Waals surface area contributed by atoms with Crippen LogP contribution in [0.5, 0.6) is 0 Å². The van der Waals surface area contributed by atoms with Gasteiger partial charge in [-0.05, 0) is 54.9 Å². The Labute approximate surface area is 163 Å². The summed E-state index contributed by atoms with van der Waals surface area (Å²) >= 11 is 7.57. The first-order chi connectivity index (χ1) is 12.6. The van der Waals surface area contributed by atoms with E-state index in [0.717, 1.165) is 16.8 Å².